The van der Waals surface area contributed by atoms with E-state index in [0.29, 0.717) is 29.6 Å². The van der Waals surface area contributed by atoms with Crippen molar-refractivity contribution in [3.8, 4) is 11.5 Å². The van der Waals surface area contributed by atoms with Crippen LogP contribution in [0.15, 0.2) is 18.2 Å². The molecule has 4 heteroatoms. The Hall–Kier alpha value is -1.71. The molecule has 1 N–H and O–H groups in total. The lowest BCUT2D eigenvalue weighted by atomic mass is 9.86. The topological polar surface area (TPSA) is 47.6 Å². The summed E-state index contributed by atoms with van der Waals surface area (Å²) < 4.78 is 10.8. The van der Waals surface area contributed by atoms with Crippen LogP contribution in [0.25, 0.3) is 0 Å². The van der Waals surface area contributed by atoms with E-state index in [1.54, 1.807) is 25.3 Å². The first-order valence-corrected chi connectivity index (χ1v) is 7.77. The summed E-state index contributed by atoms with van der Waals surface area (Å²) in [6.45, 7) is 4.67. The van der Waals surface area contributed by atoms with Crippen molar-refractivity contribution in [1.82, 2.24) is 5.32 Å². The number of ether oxygens (including phenoxy) is 2. The third kappa shape index (κ3) is 3.90. The maximum atomic E-state index is 12.4. The maximum absolute atomic E-state index is 12.4. The van der Waals surface area contributed by atoms with Crippen LogP contribution in [0, 0.1) is 5.92 Å². The Balaban J connectivity index is 2.09. The van der Waals surface area contributed by atoms with Crippen LogP contribution in [0.1, 0.15) is 49.9 Å². The zero-order valence-corrected chi connectivity index (χ0v) is 13.1. The molecule has 0 radical (unpaired) electrons. The van der Waals surface area contributed by atoms with Crippen LogP contribution < -0.4 is 14.8 Å². The van der Waals surface area contributed by atoms with Crippen molar-refractivity contribution >= 4 is 5.91 Å². The first kappa shape index (κ1) is 15.7. The number of hydrogen-bond acceptors (Lipinski definition) is 3. The van der Waals surface area contributed by atoms with E-state index in [1.807, 2.05) is 6.92 Å². The highest BCUT2D eigenvalue weighted by molar-refractivity contribution is 5.95. The van der Waals surface area contributed by atoms with Crippen LogP contribution in [-0.2, 0) is 0 Å². The van der Waals surface area contributed by atoms with Crippen LogP contribution in [0.4, 0.5) is 0 Å². The zero-order chi connectivity index (χ0) is 15.2. The summed E-state index contributed by atoms with van der Waals surface area (Å²) in [5.41, 5.74) is 0.622. The van der Waals surface area contributed by atoms with Crippen molar-refractivity contribution in [1.29, 1.82) is 0 Å². The van der Waals surface area contributed by atoms with Gasteiger partial charge in [-0.3, -0.25) is 4.79 Å². The highest BCUT2D eigenvalue weighted by Crippen LogP contribution is 2.29. The standard InChI is InChI=1S/C17H25NO3/c1-4-21-16-11-13(9-10-15(16)20-3)17(19)18-14-8-6-5-7-12(14)2/h9-12,14H,4-8H2,1-3H3,(H,18,19). The van der Waals surface area contributed by atoms with Gasteiger partial charge in [0.15, 0.2) is 11.5 Å². The lowest BCUT2D eigenvalue weighted by molar-refractivity contribution is 0.0909. The summed E-state index contributed by atoms with van der Waals surface area (Å²) in [6, 6.07) is 5.60. The van der Waals surface area contributed by atoms with Gasteiger partial charge in [0.2, 0.25) is 0 Å². The summed E-state index contributed by atoms with van der Waals surface area (Å²) in [6.07, 6.45) is 4.73. The van der Waals surface area contributed by atoms with Crippen LogP contribution in [-0.4, -0.2) is 25.7 Å². The third-order valence-electron chi connectivity index (χ3n) is 4.15. The molecule has 1 aliphatic rings. The van der Waals surface area contributed by atoms with E-state index >= 15 is 0 Å². The second-order valence-electron chi connectivity index (χ2n) is 5.64. The lowest BCUT2D eigenvalue weighted by Crippen LogP contribution is -2.41. The van der Waals surface area contributed by atoms with E-state index in [1.165, 1.54) is 19.3 Å². The molecule has 1 aromatic rings. The Labute approximate surface area is 126 Å². The highest BCUT2D eigenvalue weighted by Gasteiger charge is 2.23. The second kappa shape index (κ2) is 7.34. The Morgan fingerprint density at radius 2 is 2.05 bits per heavy atom. The van der Waals surface area contributed by atoms with Crippen molar-refractivity contribution in [2.24, 2.45) is 5.92 Å². The molecule has 0 saturated heterocycles. The van der Waals surface area contributed by atoms with E-state index < -0.39 is 0 Å². The van der Waals surface area contributed by atoms with Gasteiger partial charge >= 0.3 is 0 Å². The smallest absolute Gasteiger partial charge is 0.251 e. The molecular weight excluding hydrogens is 266 g/mol. The monoisotopic (exact) mass is 291 g/mol. The number of nitrogens with one attached hydrogen (secondary N) is 1. The van der Waals surface area contributed by atoms with Crippen LogP contribution >= 0.6 is 0 Å². The Bertz CT molecular complexity index is 487. The molecule has 0 aromatic heterocycles. The SMILES string of the molecule is CCOc1cc(C(=O)NC2CCCCC2C)ccc1OC. The zero-order valence-electron chi connectivity index (χ0n) is 13.1. The highest BCUT2D eigenvalue weighted by atomic mass is 16.5. The molecule has 21 heavy (non-hydrogen) atoms. The number of methoxy groups -OCH3 is 1. The van der Waals surface area contributed by atoms with Crippen molar-refractivity contribution in [3.63, 3.8) is 0 Å². The van der Waals surface area contributed by atoms with Crippen molar-refractivity contribution in [2.75, 3.05) is 13.7 Å². The van der Waals surface area contributed by atoms with Gasteiger partial charge in [-0.25, -0.2) is 0 Å². The molecular formula is C17H25NO3. The number of amides is 1. The predicted octanol–water partition coefficient (Wildman–Crippen LogP) is 3.40. The van der Waals surface area contributed by atoms with Crippen LogP contribution in [0.3, 0.4) is 0 Å². The average molecular weight is 291 g/mol. The van der Waals surface area contributed by atoms with Crippen LogP contribution in [0.5, 0.6) is 11.5 Å². The van der Waals surface area contributed by atoms with Crippen molar-refractivity contribution < 1.29 is 14.3 Å². The van der Waals surface area contributed by atoms with E-state index in [9.17, 15) is 4.79 Å². The molecule has 0 aliphatic heterocycles. The van der Waals surface area contributed by atoms with Gasteiger partial charge in [0.05, 0.1) is 13.7 Å². The van der Waals surface area contributed by atoms with E-state index in [0.717, 1.165) is 6.42 Å². The van der Waals surface area contributed by atoms with Gasteiger partial charge < -0.3 is 14.8 Å². The van der Waals surface area contributed by atoms with Crippen molar-refractivity contribution in [2.45, 2.75) is 45.6 Å². The molecule has 0 heterocycles. The fourth-order valence-electron chi connectivity index (χ4n) is 2.87. The Kier molecular flexibility index (Phi) is 5.48. The summed E-state index contributed by atoms with van der Waals surface area (Å²) in [7, 11) is 1.60. The molecule has 1 saturated carbocycles. The molecule has 1 fully saturated rings. The van der Waals surface area contributed by atoms with Gasteiger partial charge in [-0.1, -0.05) is 19.8 Å². The van der Waals surface area contributed by atoms with Gasteiger partial charge in [0.25, 0.3) is 5.91 Å². The lowest BCUT2D eigenvalue weighted by Gasteiger charge is -2.29. The molecule has 0 bridgehead atoms. The van der Waals surface area contributed by atoms with Gasteiger partial charge in [0.1, 0.15) is 0 Å². The van der Waals surface area contributed by atoms with E-state index in [4.69, 9.17) is 9.47 Å². The summed E-state index contributed by atoms with van der Waals surface area (Å²) in [5.74, 6) is 1.79. The number of carbonyl (C=O) groups excluding carboxylic acids is 1. The first-order chi connectivity index (χ1) is 10.2. The van der Waals surface area contributed by atoms with Crippen molar-refractivity contribution in [3.05, 3.63) is 23.8 Å². The minimum atomic E-state index is -0.0302. The molecule has 1 amide bonds. The normalized spacial score (nSPS) is 21.7. The molecule has 4 nitrogen and oxygen atoms in total. The maximum Gasteiger partial charge on any atom is 0.251 e. The summed E-state index contributed by atoms with van der Waals surface area (Å²) >= 11 is 0. The molecule has 1 aliphatic carbocycles. The number of rotatable bonds is 5. The first-order valence-electron chi connectivity index (χ1n) is 7.77. The minimum Gasteiger partial charge on any atom is -0.493 e. The van der Waals surface area contributed by atoms with Crippen LogP contribution in [0.2, 0.25) is 0 Å². The minimum absolute atomic E-state index is 0.0302. The average Bonchev–Trinajstić information content (AvgIpc) is 2.50. The van der Waals surface area contributed by atoms with Gasteiger partial charge in [0, 0.05) is 11.6 Å². The van der Waals surface area contributed by atoms with E-state index in [2.05, 4.69) is 12.2 Å². The molecule has 0 spiro atoms. The second-order valence-corrected chi connectivity index (χ2v) is 5.64. The molecule has 2 unspecified atom stereocenters. The molecule has 1 aromatic carbocycles. The number of carbonyl (C=O) groups is 1. The fourth-order valence-corrected chi connectivity index (χ4v) is 2.87. The van der Waals surface area contributed by atoms with Gasteiger partial charge in [-0.2, -0.15) is 0 Å². The predicted molar refractivity (Wildman–Crippen MR) is 83.0 cm³/mol. The summed E-state index contributed by atoms with van der Waals surface area (Å²) in [4.78, 5) is 12.4. The summed E-state index contributed by atoms with van der Waals surface area (Å²) in [5, 5.41) is 3.16. The quantitative estimate of drug-likeness (QED) is 0.904. The molecule has 2 atom stereocenters. The largest absolute Gasteiger partial charge is 0.493 e. The Morgan fingerprint density at radius 1 is 1.29 bits per heavy atom. The molecule has 116 valence electrons. The number of benzene rings is 1. The number of hydrogen-bond donors (Lipinski definition) is 1. The third-order valence-corrected chi connectivity index (χ3v) is 4.15. The Morgan fingerprint density at radius 3 is 2.71 bits per heavy atom. The van der Waals surface area contributed by atoms with Gasteiger partial charge in [-0.15, -0.1) is 0 Å². The van der Waals surface area contributed by atoms with Gasteiger partial charge in [-0.05, 0) is 43.9 Å². The molecule has 2 rings (SSSR count). The fraction of sp³-hybridized carbons (Fsp3) is 0.588. The van der Waals surface area contributed by atoms with E-state index in [-0.39, 0.29) is 11.9 Å².